The van der Waals surface area contributed by atoms with Crippen molar-refractivity contribution in [1.82, 2.24) is 10.2 Å². The highest BCUT2D eigenvalue weighted by molar-refractivity contribution is 14.1. The first kappa shape index (κ1) is 29.7. The fraction of sp³-hybridized carbons (Fsp3) is 0.417. The first-order valence-corrected chi connectivity index (χ1v) is 14.8. The van der Waals surface area contributed by atoms with Gasteiger partial charge in [-0.2, -0.15) is 0 Å². The molecule has 0 radical (unpaired) electrons. The van der Waals surface area contributed by atoms with Crippen LogP contribution in [-0.2, 0) is 26.2 Å². The first-order valence-electron chi connectivity index (χ1n) is 11.1. The molecule has 0 aliphatic heterocycles. The Kier molecular flexibility index (Phi) is 11.1. The maximum absolute atomic E-state index is 13.6. The third kappa shape index (κ3) is 8.51. The number of nitrogens with zero attached hydrogens (tertiary/aromatic N) is 2. The lowest BCUT2D eigenvalue weighted by atomic mass is 10.1. The summed E-state index contributed by atoms with van der Waals surface area (Å²) < 4.78 is 27.2. The molecule has 1 N–H and O–H groups in total. The Hall–Kier alpha value is -1.56. The molecule has 2 atom stereocenters. The first-order chi connectivity index (χ1) is 16.4. The van der Waals surface area contributed by atoms with E-state index in [4.69, 9.17) is 23.2 Å². The lowest BCUT2D eigenvalue weighted by Crippen LogP contribution is -2.53. The summed E-state index contributed by atoms with van der Waals surface area (Å²) in [4.78, 5) is 28.1. The number of halogens is 3. The second kappa shape index (κ2) is 13.1. The second-order valence-corrected chi connectivity index (χ2v) is 12.2. The second-order valence-electron chi connectivity index (χ2n) is 8.26. The van der Waals surface area contributed by atoms with Crippen molar-refractivity contribution < 1.29 is 18.0 Å². The van der Waals surface area contributed by atoms with Gasteiger partial charge in [-0.1, -0.05) is 43.1 Å². The third-order valence-corrected chi connectivity index (χ3v) is 8.12. The molecule has 0 fully saturated rings. The van der Waals surface area contributed by atoms with E-state index in [-0.39, 0.29) is 18.5 Å². The van der Waals surface area contributed by atoms with Crippen LogP contribution in [0.2, 0.25) is 10.0 Å². The van der Waals surface area contributed by atoms with Crippen molar-refractivity contribution in [2.24, 2.45) is 0 Å². The smallest absolute Gasteiger partial charge is 0.244 e. The summed E-state index contributed by atoms with van der Waals surface area (Å²) in [5.41, 5.74) is 1.04. The number of carbonyl (C=O) groups excluding carboxylic acids is 2. The molecule has 0 unspecified atom stereocenters. The Bertz CT molecular complexity index is 1150. The third-order valence-electron chi connectivity index (χ3n) is 5.52. The minimum atomic E-state index is -3.78. The summed E-state index contributed by atoms with van der Waals surface area (Å²) in [5, 5.41) is 3.63. The number of rotatable bonds is 11. The van der Waals surface area contributed by atoms with Crippen molar-refractivity contribution in [3.63, 3.8) is 0 Å². The SMILES string of the molecule is CC[C@@H](C)NC(=O)[C@@H](CC)N(Cc1ccc(Cl)c(Cl)c1)C(=O)CN(c1ccc(I)cc1)S(C)(=O)=O. The molecule has 0 saturated heterocycles. The van der Waals surface area contributed by atoms with Crippen molar-refractivity contribution in [3.05, 3.63) is 61.6 Å². The highest BCUT2D eigenvalue weighted by atomic mass is 127. The summed E-state index contributed by atoms with van der Waals surface area (Å²) in [5.74, 6) is -0.804. The van der Waals surface area contributed by atoms with E-state index >= 15 is 0 Å². The average Bonchev–Trinajstić information content (AvgIpc) is 2.79. The summed E-state index contributed by atoms with van der Waals surface area (Å²) >= 11 is 14.3. The molecule has 2 aromatic carbocycles. The molecule has 0 spiro atoms. The molecule has 0 aromatic heterocycles. The van der Waals surface area contributed by atoms with E-state index in [1.54, 1.807) is 42.5 Å². The van der Waals surface area contributed by atoms with Gasteiger partial charge in [-0.25, -0.2) is 8.42 Å². The molecular weight excluding hydrogens is 624 g/mol. The standard InChI is InChI=1S/C24H30Cl2IN3O4S/c1-5-16(3)28-24(32)22(6-2)29(14-17-7-12-20(25)21(26)13-17)23(31)15-30(35(4,33)34)19-10-8-18(27)9-11-19/h7-13,16,22H,5-6,14-15H2,1-4H3,(H,28,32)/t16-,22-/m1/s1. The summed E-state index contributed by atoms with van der Waals surface area (Å²) in [7, 11) is -3.78. The summed E-state index contributed by atoms with van der Waals surface area (Å²) in [6, 6.07) is 10.9. The minimum absolute atomic E-state index is 0.0619. The number of benzene rings is 2. The minimum Gasteiger partial charge on any atom is -0.352 e. The van der Waals surface area contributed by atoms with E-state index in [1.165, 1.54) is 4.90 Å². The number of nitrogens with one attached hydrogen (secondary N) is 1. The molecule has 0 aliphatic carbocycles. The van der Waals surface area contributed by atoms with E-state index in [0.717, 1.165) is 20.6 Å². The van der Waals surface area contributed by atoms with E-state index in [0.29, 0.717) is 27.7 Å². The van der Waals surface area contributed by atoms with Crippen LogP contribution in [0.4, 0.5) is 5.69 Å². The van der Waals surface area contributed by atoms with Crippen LogP contribution >= 0.6 is 45.8 Å². The molecular formula is C24H30Cl2IN3O4S. The van der Waals surface area contributed by atoms with Gasteiger partial charge in [-0.05, 0) is 84.3 Å². The van der Waals surface area contributed by atoms with Crippen molar-refractivity contribution in [2.75, 3.05) is 17.1 Å². The number of sulfonamides is 1. The Morgan fingerprint density at radius 3 is 2.17 bits per heavy atom. The van der Waals surface area contributed by atoms with Gasteiger partial charge in [0.1, 0.15) is 12.6 Å². The van der Waals surface area contributed by atoms with Gasteiger partial charge in [0.25, 0.3) is 0 Å². The van der Waals surface area contributed by atoms with Crippen molar-refractivity contribution in [1.29, 1.82) is 0 Å². The van der Waals surface area contributed by atoms with E-state index in [2.05, 4.69) is 27.9 Å². The molecule has 0 bridgehead atoms. The zero-order valence-electron chi connectivity index (χ0n) is 20.1. The lowest BCUT2D eigenvalue weighted by molar-refractivity contribution is -0.140. The zero-order chi connectivity index (χ0) is 26.3. The van der Waals surface area contributed by atoms with Crippen LogP contribution in [0.3, 0.4) is 0 Å². The highest BCUT2D eigenvalue weighted by Crippen LogP contribution is 2.25. The molecule has 2 aromatic rings. The number of anilines is 1. The van der Waals surface area contributed by atoms with Crippen LogP contribution in [0.15, 0.2) is 42.5 Å². The lowest BCUT2D eigenvalue weighted by Gasteiger charge is -2.33. The van der Waals surface area contributed by atoms with Gasteiger partial charge in [-0.3, -0.25) is 13.9 Å². The number of amides is 2. The van der Waals surface area contributed by atoms with Crippen LogP contribution in [-0.4, -0.2) is 50.0 Å². The summed E-state index contributed by atoms with van der Waals surface area (Å²) in [6.07, 6.45) is 2.13. The molecule has 11 heteroatoms. The maximum Gasteiger partial charge on any atom is 0.244 e. The van der Waals surface area contributed by atoms with Crippen molar-refractivity contribution in [3.8, 4) is 0 Å². The molecule has 2 rings (SSSR count). The molecule has 0 aliphatic rings. The number of carbonyl (C=O) groups is 2. The molecule has 2 amide bonds. The monoisotopic (exact) mass is 653 g/mol. The molecule has 0 heterocycles. The van der Waals surface area contributed by atoms with Crippen molar-refractivity contribution in [2.45, 2.75) is 52.2 Å². The Labute approximate surface area is 231 Å². The molecule has 35 heavy (non-hydrogen) atoms. The predicted molar refractivity (Wildman–Crippen MR) is 150 cm³/mol. The highest BCUT2D eigenvalue weighted by Gasteiger charge is 2.32. The van der Waals surface area contributed by atoms with Gasteiger partial charge in [0.2, 0.25) is 21.8 Å². The normalized spacial score (nSPS) is 13.1. The van der Waals surface area contributed by atoms with E-state index in [9.17, 15) is 18.0 Å². The van der Waals surface area contributed by atoms with Crippen LogP contribution in [0.25, 0.3) is 0 Å². The van der Waals surface area contributed by atoms with Gasteiger partial charge in [0.05, 0.1) is 22.0 Å². The van der Waals surface area contributed by atoms with Crippen LogP contribution in [0.5, 0.6) is 0 Å². The average molecular weight is 654 g/mol. The summed E-state index contributed by atoms with van der Waals surface area (Å²) in [6.45, 7) is 5.26. The van der Waals surface area contributed by atoms with Gasteiger partial charge < -0.3 is 10.2 Å². The Balaban J connectivity index is 2.45. The topological polar surface area (TPSA) is 86.8 Å². The van der Waals surface area contributed by atoms with Crippen molar-refractivity contribution >= 4 is 73.3 Å². The van der Waals surface area contributed by atoms with Crippen LogP contribution < -0.4 is 9.62 Å². The number of hydrogen-bond donors (Lipinski definition) is 1. The zero-order valence-corrected chi connectivity index (χ0v) is 24.6. The maximum atomic E-state index is 13.6. The largest absolute Gasteiger partial charge is 0.352 e. The molecule has 192 valence electrons. The predicted octanol–water partition coefficient (Wildman–Crippen LogP) is 5.09. The Morgan fingerprint density at radius 1 is 1.03 bits per heavy atom. The molecule has 7 nitrogen and oxygen atoms in total. The number of hydrogen-bond acceptors (Lipinski definition) is 4. The van der Waals surface area contributed by atoms with E-state index in [1.807, 2.05) is 20.8 Å². The van der Waals surface area contributed by atoms with Crippen LogP contribution in [0.1, 0.15) is 39.2 Å². The Morgan fingerprint density at radius 2 is 1.66 bits per heavy atom. The van der Waals surface area contributed by atoms with Crippen LogP contribution in [0, 0.1) is 3.57 Å². The van der Waals surface area contributed by atoms with Gasteiger partial charge in [-0.15, -0.1) is 0 Å². The molecule has 0 saturated carbocycles. The fourth-order valence-electron chi connectivity index (χ4n) is 3.42. The quantitative estimate of drug-likeness (QED) is 0.343. The van der Waals surface area contributed by atoms with Gasteiger partial charge in [0, 0.05) is 16.2 Å². The fourth-order valence-corrected chi connectivity index (χ4v) is 4.95. The van der Waals surface area contributed by atoms with Gasteiger partial charge >= 0.3 is 0 Å². The van der Waals surface area contributed by atoms with E-state index < -0.39 is 28.5 Å². The van der Waals surface area contributed by atoms with Gasteiger partial charge in [0.15, 0.2) is 0 Å².